The number of benzene rings is 1. The fourth-order valence-corrected chi connectivity index (χ4v) is 9.00. The van der Waals surface area contributed by atoms with Gasteiger partial charge >= 0.3 is 0 Å². The van der Waals surface area contributed by atoms with Crippen LogP contribution in [0.15, 0.2) is 116 Å². The molecule has 0 saturated carbocycles. The smallest absolute Gasteiger partial charge is 0.123 e. The summed E-state index contributed by atoms with van der Waals surface area (Å²) in [5.41, 5.74) is 14.8. The van der Waals surface area contributed by atoms with E-state index in [0.29, 0.717) is 13.2 Å². The van der Waals surface area contributed by atoms with Gasteiger partial charge in [0, 0.05) is 87.6 Å². The van der Waals surface area contributed by atoms with Gasteiger partial charge in [0.15, 0.2) is 0 Å². The van der Waals surface area contributed by atoms with Gasteiger partial charge in [0.2, 0.25) is 0 Å². The Hall–Kier alpha value is -7.13. The number of H-pyrrole nitrogens is 2. The van der Waals surface area contributed by atoms with Crippen LogP contribution in [-0.2, 0) is 0 Å². The van der Waals surface area contributed by atoms with E-state index in [1.807, 2.05) is 73.6 Å². The van der Waals surface area contributed by atoms with E-state index in [1.54, 1.807) is 0 Å². The van der Waals surface area contributed by atoms with Gasteiger partial charge in [-0.05, 0) is 132 Å². The molecule has 0 amide bonds. The molecule has 9 nitrogen and oxygen atoms in total. The standard InChI is InChI=1S/C57H59N7O2/c1-3-5-7-9-11-13-35-65-44-37-43(38-45(39-44)66-36-14-12-10-8-6-4-2)57-52-21-19-50(63-52)55(41-25-31-59-32-26-41)48-17-15-46(61-48)54(40-23-29-58-30-24-40)47-16-18-49(62-47)56(42-27-33-60-34-28-42)51-20-22-53(57)64-51/h15-34,37-39,61,64H,3-14,35-36H2,1-2H3. The molecule has 0 spiro atoms. The van der Waals surface area contributed by atoms with Crippen molar-refractivity contribution in [2.45, 2.75) is 90.9 Å². The monoisotopic (exact) mass is 873 g/mol. The third-order valence-electron chi connectivity index (χ3n) is 12.4. The van der Waals surface area contributed by atoms with Gasteiger partial charge in [0.05, 0.1) is 36.0 Å². The molecule has 8 bridgehead atoms. The number of nitrogens with one attached hydrogen (secondary N) is 2. The van der Waals surface area contributed by atoms with Crippen LogP contribution in [0.5, 0.6) is 11.5 Å². The molecule has 0 aliphatic carbocycles. The van der Waals surface area contributed by atoms with E-state index in [0.717, 1.165) is 127 Å². The molecule has 0 atom stereocenters. The van der Waals surface area contributed by atoms with E-state index in [9.17, 15) is 0 Å². The van der Waals surface area contributed by atoms with Crippen LogP contribution in [0.1, 0.15) is 114 Å². The maximum Gasteiger partial charge on any atom is 0.123 e. The normalized spacial score (nSPS) is 11.9. The van der Waals surface area contributed by atoms with Crippen molar-refractivity contribution in [2.75, 3.05) is 13.2 Å². The Bertz CT molecular complexity index is 2880. The molecular weight excluding hydrogens is 815 g/mol. The molecular formula is C57H59N7O2. The molecule has 66 heavy (non-hydrogen) atoms. The van der Waals surface area contributed by atoms with E-state index in [4.69, 9.17) is 19.4 Å². The Labute approximate surface area is 388 Å². The largest absolute Gasteiger partial charge is 0.493 e. The van der Waals surface area contributed by atoms with Gasteiger partial charge < -0.3 is 19.4 Å². The van der Waals surface area contributed by atoms with Gasteiger partial charge in [0.1, 0.15) is 11.5 Å². The van der Waals surface area contributed by atoms with Gasteiger partial charge in [0.25, 0.3) is 0 Å². The molecule has 0 radical (unpaired) electrons. The quantitative estimate of drug-likeness (QED) is 0.0733. The van der Waals surface area contributed by atoms with Crippen molar-refractivity contribution in [3.8, 4) is 56.0 Å². The van der Waals surface area contributed by atoms with Crippen LogP contribution in [0.25, 0.3) is 90.9 Å². The van der Waals surface area contributed by atoms with E-state index in [2.05, 4.69) is 106 Å². The zero-order valence-electron chi connectivity index (χ0n) is 38.2. The van der Waals surface area contributed by atoms with Gasteiger partial charge in [-0.3, -0.25) is 15.0 Å². The fraction of sp³-hybridized carbons (Fsp3) is 0.281. The molecule has 0 saturated heterocycles. The summed E-state index contributed by atoms with van der Waals surface area (Å²) in [4.78, 5) is 31.7. The van der Waals surface area contributed by atoms with Gasteiger partial charge in [-0.15, -0.1) is 0 Å². The average molecular weight is 874 g/mol. The first-order chi connectivity index (χ1) is 32.7. The predicted octanol–water partition coefficient (Wildman–Crippen LogP) is 15.0. The summed E-state index contributed by atoms with van der Waals surface area (Å²) in [5.74, 6) is 1.58. The number of fused-ring (bicyclic) bond motifs is 8. The summed E-state index contributed by atoms with van der Waals surface area (Å²) in [6.45, 7) is 5.81. The van der Waals surface area contributed by atoms with Gasteiger partial charge in [-0.25, -0.2) is 9.97 Å². The summed E-state index contributed by atoms with van der Waals surface area (Å²) in [5, 5.41) is 0. The lowest BCUT2D eigenvalue weighted by Gasteiger charge is -2.14. The van der Waals surface area contributed by atoms with Crippen molar-refractivity contribution in [1.29, 1.82) is 0 Å². The molecule has 9 heteroatoms. The molecule has 9 rings (SSSR count). The van der Waals surface area contributed by atoms with Gasteiger partial charge in [-0.1, -0.05) is 78.1 Å². The highest BCUT2D eigenvalue weighted by atomic mass is 16.5. The highest BCUT2D eigenvalue weighted by molar-refractivity contribution is 5.99. The molecule has 0 fully saturated rings. The van der Waals surface area contributed by atoms with Crippen LogP contribution in [0, 0.1) is 0 Å². The van der Waals surface area contributed by atoms with Crippen LogP contribution in [-0.4, -0.2) is 48.1 Å². The van der Waals surface area contributed by atoms with Crippen LogP contribution >= 0.6 is 0 Å². The first kappa shape index (κ1) is 44.1. The number of hydrogen-bond donors (Lipinski definition) is 2. The van der Waals surface area contributed by atoms with Crippen molar-refractivity contribution in [2.24, 2.45) is 0 Å². The molecule has 2 N–H and O–H groups in total. The molecule has 7 aromatic rings. The Balaban J connectivity index is 1.27. The molecule has 8 heterocycles. The number of aromatic amines is 2. The summed E-state index contributed by atoms with van der Waals surface area (Å²) < 4.78 is 13.2. The number of ether oxygens (including phenoxy) is 2. The summed E-state index contributed by atoms with van der Waals surface area (Å²) in [6, 6.07) is 27.1. The van der Waals surface area contributed by atoms with E-state index < -0.39 is 0 Å². The molecule has 6 aromatic heterocycles. The molecule has 0 unspecified atom stereocenters. The van der Waals surface area contributed by atoms with Crippen LogP contribution in [0.2, 0.25) is 0 Å². The second kappa shape index (κ2) is 21.7. The Morgan fingerprint density at radius 3 is 1.03 bits per heavy atom. The lowest BCUT2D eigenvalue weighted by atomic mass is 10.0. The van der Waals surface area contributed by atoms with Crippen LogP contribution in [0.4, 0.5) is 0 Å². The van der Waals surface area contributed by atoms with E-state index in [1.165, 1.54) is 51.4 Å². The Morgan fingerprint density at radius 1 is 0.364 bits per heavy atom. The Kier molecular flexibility index (Phi) is 14.5. The van der Waals surface area contributed by atoms with Crippen LogP contribution in [0.3, 0.4) is 0 Å². The number of pyridine rings is 3. The zero-order valence-corrected chi connectivity index (χ0v) is 38.2. The first-order valence-electron chi connectivity index (χ1n) is 24.0. The van der Waals surface area contributed by atoms with E-state index >= 15 is 0 Å². The molecule has 2 aliphatic heterocycles. The molecule has 334 valence electrons. The third kappa shape index (κ3) is 10.4. The molecule has 2 aliphatic rings. The van der Waals surface area contributed by atoms with Crippen molar-refractivity contribution in [3.05, 3.63) is 139 Å². The zero-order chi connectivity index (χ0) is 44.9. The maximum absolute atomic E-state index is 6.58. The number of hydrogen-bond acceptors (Lipinski definition) is 7. The lowest BCUT2D eigenvalue weighted by Crippen LogP contribution is -2.01. The maximum atomic E-state index is 6.58. The SMILES string of the molecule is CCCCCCCCOc1cc(OCCCCCCCC)cc(-c2c3nc(c(-c4ccncc4)c4ccc([nH]4)c(-c4ccncc4)c4nc(c(-c5ccncc5)c5ccc2[nH]5)C=C4)C=C3)c1. The minimum Gasteiger partial charge on any atom is -0.493 e. The van der Waals surface area contributed by atoms with Crippen molar-refractivity contribution < 1.29 is 9.47 Å². The molecule has 1 aromatic carbocycles. The second-order valence-corrected chi connectivity index (χ2v) is 17.1. The van der Waals surface area contributed by atoms with Crippen LogP contribution < -0.4 is 9.47 Å². The predicted molar refractivity (Wildman–Crippen MR) is 272 cm³/mol. The van der Waals surface area contributed by atoms with Crippen molar-refractivity contribution in [3.63, 3.8) is 0 Å². The lowest BCUT2D eigenvalue weighted by molar-refractivity contribution is 0.290. The number of unbranched alkanes of at least 4 members (excludes halogenated alkanes) is 10. The summed E-state index contributed by atoms with van der Waals surface area (Å²) >= 11 is 0. The average Bonchev–Trinajstić information content (AvgIpc) is 4.21. The highest BCUT2D eigenvalue weighted by Gasteiger charge is 2.20. The number of aromatic nitrogens is 7. The summed E-state index contributed by atoms with van der Waals surface area (Å²) in [7, 11) is 0. The van der Waals surface area contributed by atoms with Crippen molar-refractivity contribution >= 4 is 46.4 Å². The second-order valence-electron chi connectivity index (χ2n) is 17.1. The number of rotatable bonds is 20. The Morgan fingerprint density at radius 2 is 0.682 bits per heavy atom. The third-order valence-corrected chi connectivity index (χ3v) is 12.4. The van der Waals surface area contributed by atoms with E-state index in [-0.39, 0.29) is 0 Å². The van der Waals surface area contributed by atoms with Crippen molar-refractivity contribution in [1.82, 2.24) is 34.9 Å². The highest BCUT2D eigenvalue weighted by Crippen LogP contribution is 2.40. The minimum absolute atomic E-state index is 0.648. The fourth-order valence-electron chi connectivity index (χ4n) is 9.00. The summed E-state index contributed by atoms with van der Waals surface area (Å²) in [6.07, 6.45) is 33.8. The minimum atomic E-state index is 0.648. The topological polar surface area (TPSA) is 114 Å². The number of nitrogens with zero attached hydrogens (tertiary/aromatic N) is 5. The first-order valence-corrected chi connectivity index (χ1v) is 24.0. The van der Waals surface area contributed by atoms with Gasteiger partial charge in [-0.2, -0.15) is 0 Å².